The average molecular weight is 186 g/mol. The van der Waals surface area contributed by atoms with Gasteiger partial charge < -0.3 is 5.11 Å². The molecule has 0 amide bonds. The monoisotopic (exact) mass is 186 g/mol. The number of benzene rings is 2. The van der Waals surface area contributed by atoms with E-state index in [-0.39, 0.29) is 5.75 Å². The van der Waals surface area contributed by atoms with E-state index in [1.54, 1.807) is 12.1 Å². The van der Waals surface area contributed by atoms with E-state index in [0.29, 0.717) is 11.8 Å². The van der Waals surface area contributed by atoms with Crippen LogP contribution in [0.4, 0.5) is 0 Å². The Kier molecular flexibility index (Phi) is 1.97. The second kappa shape index (κ2) is 3.14. The minimum Gasteiger partial charge on any atom is -0.507 e. The van der Waals surface area contributed by atoms with Crippen LogP contribution < -0.4 is 0 Å². The van der Waals surface area contributed by atoms with Crippen molar-refractivity contribution in [3.63, 3.8) is 0 Å². The molecule has 70 valence electrons. The lowest BCUT2D eigenvalue weighted by atomic mass is 10.0. The van der Waals surface area contributed by atoms with Gasteiger partial charge >= 0.3 is 0 Å². The van der Waals surface area contributed by atoms with Crippen LogP contribution in [0.3, 0.4) is 0 Å². The maximum Gasteiger partial charge on any atom is 0.153 e. The van der Waals surface area contributed by atoms with Crippen molar-refractivity contribution in [3.05, 3.63) is 41.5 Å². The highest BCUT2D eigenvalue weighted by molar-refractivity contribution is 5.92. The van der Waals surface area contributed by atoms with Crippen LogP contribution in [0.1, 0.15) is 15.9 Å². The highest BCUT2D eigenvalue weighted by Crippen LogP contribution is 2.24. The number of aldehydes is 1. The summed E-state index contributed by atoms with van der Waals surface area (Å²) in [5.41, 5.74) is 1.48. The Balaban J connectivity index is 2.79. The molecule has 2 rings (SSSR count). The van der Waals surface area contributed by atoms with E-state index in [2.05, 4.69) is 0 Å². The summed E-state index contributed by atoms with van der Waals surface area (Å²) < 4.78 is 0. The Hall–Kier alpha value is -1.83. The third-order valence-electron chi connectivity index (χ3n) is 2.27. The van der Waals surface area contributed by atoms with E-state index in [0.717, 1.165) is 16.3 Å². The molecule has 0 bridgehead atoms. The second-order valence-electron chi connectivity index (χ2n) is 3.38. The third kappa shape index (κ3) is 1.35. The minimum atomic E-state index is 0.0383. The van der Waals surface area contributed by atoms with Crippen LogP contribution in [0.15, 0.2) is 30.3 Å². The van der Waals surface area contributed by atoms with Crippen molar-refractivity contribution >= 4 is 17.1 Å². The van der Waals surface area contributed by atoms with Gasteiger partial charge in [0.2, 0.25) is 0 Å². The number of phenols is 1. The van der Waals surface area contributed by atoms with Crippen molar-refractivity contribution in [1.82, 2.24) is 0 Å². The zero-order valence-corrected chi connectivity index (χ0v) is 7.82. The number of hydrogen-bond donors (Lipinski definition) is 1. The van der Waals surface area contributed by atoms with Gasteiger partial charge in [-0.05, 0) is 29.8 Å². The Bertz CT molecular complexity index is 501. The van der Waals surface area contributed by atoms with E-state index in [9.17, 15) is 9.90 Å². The number of carbonyl (C=O) groups excluding carboxylic acids is 1. The van der Waals surface area contributed by atoms with Crippen LogP contribution in [-0.4, -0.2) is 11.4 Å². The molecule has 0 aliphatic rings. The predicted octanol–water partition coefficient (Wildman–Crippen LogP) is 2.67. The van der Waals surface area contributed by atoms with E-state index in [1.807, 2.05) is 25.1 Å². The second-order valence-corrected chi connectivity index (χ2v) is 3.38. The maximum absolute atomic E-state index is 10.6. The molecule has 0 atom stereocenters. The standard InChI is InChI=1S/C12H10O2/c1-8-2-3-9-6-12(14)11(7-13)5-10(9)4-8/h2-7,14H,1H3. The first kappa shape index (κ1) is 8.75. The molecular weight excluding hydrogens is 176 g/mol. The molecule has 0 aromatic heterocycles. The summed E-state index contributed by atoms with van der Waals surface area (Å²) >= 11 is 0. The fourth-order valence-electron chi connectivity index (χ4n) is 1.52. The summed E-state index contributed by atoms with van der Waals surface area (Å²) in [6, 6.07) is 9.20. The van der Waals surface area contributed by atoms with Crippen LogP contribution in [0.25, 0.3) is 10.8 Å². The summed E-state index contributed by atoms with van der Waals surface area (Å²) in [4.78, 5) is 10.6. The number of fused-ring (bicyclic) bond motifs is 1. The van der Waals surface area contributed by atoms with E-state index >= 15 is 0 Å². The fraction of sp³-hybridized carbons (Fsp3) is 0.0833. The highest BCUT2D eigenvalue weighted by atomic mass is 16.3. The van der Waals surface area contributed by atoms with Crippen LogP contribution in [0.2, 0.25) is 0 Å². The first-order chi connectivity index (χ1) is 6.70. The predicted molar refractivity (Wildman–Crippen MR) is 55.7 cm³/mol. The van der Waals surface area contributed by atoms with Crippen LogP contribution in [0, 0.1) is 6.92 Å². The maximum atomic E-state index is 10.6. The zero-order chi connectivity index (χ0) is 10.1. The van der Waals surface area contributed by atoms with Gasteiger partial charge in [-0.1, -0.05) is 23.8 Å². The summed E-state index contributed by atoms with van der Waals surface area (Å²) in [6.45, 7) is 1.99. The van der Waals surface area contributed by atoms with Crippen LogP contribution >= 0.6 is 0 Å². The number of rotatable bonds is 1. The molecule has 2 aromatic carbocycles. The Morgan fingerprint density at radius 2 is 1.93 bits per heavy atom. The molecule has 2 nitrogen and oxygen atoms in total. The third-order valence-corrected chi connectivity index (χ3v) is 2.27. The van der Waals surface area contributed by atoms with Gasteiger partial charge in [-0.2, -0.15) is 0 Å². The normalized spacial score (nSPS) is 10.4. The van der Waals surface area contributed by atoms with Crippen molar-refractivity contribution in [1.29, 1.82) is 0 Å². The lowest BCUT2D eigenvalue weighted by Gasteiger charge is -2.02. The summed E-state index contributed by atoms with van der Waals surface area (Å²) in [6.07, 6.45) is 0.664. The molecule has 0 spiro atoms. The van der Waals surface area contributed by atoms with Gasteiger partial charge in [0.15, 0.2) is 6.29 Å². The molecule has 0 aliphatic carbocycles. The molecule has 0 unspecified atom stereocenters. The summed E-state index contributed by atoms with van der Waals surface area (Å²) in [5.74, 6) is 0.0383. The lowest BCUT2D eigenvalue weighted by molar-refractivity contribution is 0.112. The molecule has 0 fully saturated rings. The van der Waals surface area contributed by atoms with E-state index < -0.39 is 0 Å². The quantitative estimate of drug-likeness (QED) is 0.695. The number of carbonyl (C=O) groups is 1. The van der Waals surface area contributed by atoms with Gasteiger partial charge in [0, 0.05) is 0 Å². The molecule has 1 N–H and O–H groups in total. The molecule has 0 saturated heterocycles. The SMILES string of the molecule is Cc1ccc2cc(O)c(C=O)cc2c1. The van der Waals surface area contributed by atoms with Crippen LogP contribution in [0.5, 0.6) is 5.75 Å². The van der Waals surface area contributed by atoms with Gasteiger partial charge in [-0.15, -0.1) is 0 Å². The molecule has 0 aliphatic heterocycles. The van der Waals surface area contributed by atoms with Crippen LogP contribution in [-0.2, 0) is 0 Å². The van der Waals surface area contributed by atoms with Crippen molar-refractivity contribution < 1.29 is 9.90 Å². The number of phenolic OH excluding ortho intramolecular Hbond substituents is 1. The molecule has 2 heteroatoms. The highest BCUT2D eigenvalue weighted by Gasteiger charge is 2.02. The number of aryl methyl sites for hydroxylation is 1. The Labute approximate surface area is 81.8 Å². The summed E-state index contributed by atoms with van der Waals surface area (Å²) in [7, 11) is 0. The lowest BCUT2D eigenvalue weighted by Crippen LogP contribution is -1.83. The van der Waals surface area contributed by atoms with Crippen molar-refractivity contribution in [2.75, 3.05) is 0 Å². The minimum absolute atomic E-state index is 0.0383. The summed E-state index contributed by atoms with van der Waals surface area (Å²) in [5, 5.41) is 11.4. The van der Waals surface area contributed by atoms with Gasteiger partial charge in [-0.25, -0.2) is 0 Å². The topological polar surface area (TPSA) is 37.3 Å². The zero-order valence-electron chi connectivity index (χ0n) is 7.82. The Morgan fingerprint density at radius 3 is 2.64 bits per heavy atom. The van der Waals surface area contributed by atoms with E-state index in [1.165, 1.54) is 0 Å². The molecule has 0 radical (unpaired) electrons. The molecule has 0 saturated carbocycles. The number of hydrogen-bond acceptors (Lipinski definition) is 2. The van der Waals surface area contributed by atoms with Gasteiger partial charge in [-0.3, -0.25) is 4.79 Å². The smallest absolute Gasteiger partial charge is 0.153 e. The van der Waals surface area contributed by atoms with Crippen molar-refractivity contribution in [3.8, 4) is 5.75 Å². The first-order valence-electron chi connectivity index (χ1n) is 4.39. The van der Waals surface area contributed by atoms with Crippen molar-refractivity contribution in [2.45, 2.75) is 6.92 Å². The fourth-order valence-corrected chi connectivity index (χ4v) is 1.52. The van der Waals surface area contributed by atoms with Gasteiger partial charge in [0.05, 0.1) is 5.56 Å². The average Bonchev–Trinajstić information content (AvgIpc) is 2.17. The molecule has 0 heterocycles. The number of aromatic hydroxyl groups is 1. The molecule has 14 heavy (non-hydrogen) atoms. The van der Waals surface area contributed by atoms with Gasteiger partial charge in [0.1, 0.15) is 5.75 Å². The first-order valence-corrected chi connectivity index (χ1v) is 4.39. The Morgan fingerprint density at radius 1 is 1.14 bits per heavy atom. The van der Waals surface area contributed by atoms with E-state index in [4.69, 9.17) is 0 Å². The molecular formula is C12H10O2. The largest absolute Gasteiger partial charge is 0.507 e. The molecule has 2 aromatic rings. The van der Waals surface area contributed by atoms with Crippen molar-refractivity contribution in [2.24, 2.45) is 0 Å². The van der Waals surface area contributed by atoms with Gasteiger partial charge in [0.25, 0.3) is 0 Å².